The van der Waals surface area contributed by atoms with Crippen LogP contribution in [0.15, 0.2) is 54.7 Å². The highest BCUT2D eigenvalue weighted by Crippen LogP contribution is 2.38. The van der Waals surface area contributed by atoms with E-state index in [-0.39, 0.29) is 167 Å². The van der Waals surface area contributed by atoms with Crippen molar-refractivity contribution < 1.29 is 98.0 Å². The first-order valence-electron chi connectivity index (χ1n) is 31.9. The Morgan fingerprint density at radius 1 is 0.541 bits per heavy atom. The minimum atomic E-state index is -1.91. The number of amides is 6. The van der Waals surface area contributed by atoms with Gasteiger partial charge in [-0.05, 0) is 80.8 Å². The predicted molar refractivity (Wildman–Crippen MR) is 349 cm³/mol. The van der Waals surface area contributed by atoms with Crippen molar-refractivity contribution in [3.05, 3.63) is 76.6 Å². The monoisotopic (exact) mass is 1400 g/mol. The van der Waals surface area contributed by atoms with Gasteiger partial charge >= 0.3 is 29.8 Å². The molecule has 0 bridgehead atoms. The van der Waals surface area contributed by atoms with E-state index >= 15 is 0 Å². The maximum atomic E-state index is 13.7. The Morgan fingerprint density at radius 2 is 1.01 bits per heavy atom. The third-order valence-electron chi connectivity index (χ3n) is 15.7. The number of nitrogens with zero attached hydrogens (tertiary/aromatic N) is 9. The first-order valence-corrected chi connectivity index (χ1v) is 32.7. The molecular weight excluding hydrogens is 1310 g/mol. The number of aliphatic carboxylic acids is 5. The first kappa shape index (κ1) is 79.4. The molecule has 3 atom stereocenters. The lowest BCUT2D eigenvalue weighted by Gasteiger charge is -2.32. The van der Waals surface area contributed by atoms with Gasteiger partial charge in [-0.25, -0.2) is 9.59 Å². The van der Waals surface area contributed by atoms with Crippen molar-refractivity contribution in [2.75, 3.05) is 123 Å². The molecule has 0 saturated carbocycles. The molecule has 538 valence electrons. The number of benzene rings is 2. The van der Waals surface area contributed by atoms with Crippen molar-refractivity contribution in [2.24, 2.45) is 0 Å². The molecule has 36 heteroatoms. The summed E-state index contributed by atoms with van der Waals surface area (Å²) in [5.74, 6) is -10.6. The average Bonchev–Trinajstić information content (AvgIpc) is 1.02. The SMILES string of the molecule is Cc1nnc(NC(=O)CCCc2cn(CCCC[C@H](NC(=O)C[C@H](NC(=O)C[C@H](NC(=O)CCC(C)(c3ccc(O)cc3)c3ccc(O)cc3)C(=O)O)C(=O)O)C(=O)NCCOCCOCCNC(=O)CN3CCN(CC(=O)O)CCN(CC(=O)O)CCN(CC(=O)O)CC3)nn2)s1. The van der Waals surface area contributed by atoms with E-state index in [1.54, 1.807) is 61.7 Å². The van der Waals surface area contributed by atoms with Gasteiger partial charge in [0.05, 0.1) is 71.1 Å². The Labute approximate surface area is 568 Å². The number of aromatic nitrogens is 5. The number of aryl methyl sites for hydroxylation is 3. The van der Waals surface area contributed by atoms with E-state index in [9.17, 15) is 88.5 Å². The van der Waals surface area contributed by atoms with Crippen LogP contribution in [0.1, 0.15) is 86.5 Å². The maximum Gasteiger partial charge on any atom is 0.326 e. The van der Waals surface area contributed by atoms with Crippen LogP contribution in [-0.2, 0) is 80.6 Å². The number of hydrogen-bond acceptors (Lipinski definition) is 24. The Kier molecular flexibility index (Phi) is 33.8. The smallest absolute Gasteiger partial charge is 0.326 e. The van der Waals surface area contributed by atoms with Gasteiger partial charge in [0.25, 0.3) is 0 Å². The number of anilines is 1. The molecule has 4 aromatic rings. The summed E-state index contributed by atoms with van der Waals surface area (Å²) in [7, 11) is 0. The Bertz CT molecular complexity index is 3190. The number of phenolic OH excluding ortho intramolecular Hbond substituents is 2. The van der Waals surface area contributed by atoms with Gasteiger partial charge in [-0.15, -0.1) is 15.3 Å². The van der Waals surface area contributed by atoms with Gasteiger partial charge in [-0.3, -0.25) is 67.4 Å². The number of rotatable bonds is 42. The molecule has 1 aliphatic heterocycles. The number of carbonyl (C=O) groups is 11. The van der Waals surface area contributed by atoms with E-state index in [1.165, 1.54) is 35.6 Å². The van der Waals surface area contributed by atoms with Crippen molar-refractivity contribution in [3.63, 3.8) is 0 Å². The second-order valence-corrected chi connectivity index (χ2v) is 24.7. The zero-order chi connectivity index (χ0) is 71.6. The quantitative estimate of drug-likeness (QED) is 0.0235. The standard InChI is InChI=1S/C62H89N15O20S/c1-41-69-71-61(98-41)68-50(80)8-5-6-44-36-77(72-70-44)21-4-3-7-47(65-52(82)35-49(60(94)95)67-53(83)34-48(59(92)93)66-51(81)17-18-62(2,42-9-13-45(78)14-10-42)43-11-15-46(79)16-12-43)58(91)64-20-31-97-33-32-96-30-19-63-54(84)37-73-22-24-74(38-55(85)86)26-28-76(40-57(89)90)29-27-75(25-23-73)39-56(87)88/h9-16,36,47-49,78-79H,3-8,17-35,37-40H2,1-2H3,(H,63,84)(H,64,91)(H,65,82)(H,66,81)(H,67,83)(H,85,86)(H,87,88)(H,89,90)(H,92,93)(H,94,95)(H,68,71,80)/t47-,48-,49-/m0/s1. The summed E-state index contributed by atoms with van der Waals surface area (Å²) in [5.41, 5.74) is 1.14. The number of carboxylic acids is 5. The van der Waals surface area contributed by atoms with E-state index in [1.807, 2.05) is 6.92 Å². The summed E-state index contributed by atoms with van der Waals surface area (Å²) in [4.78, 5) is 146. The van der Waals surface area contributed by atoms with E-state index < -0.39 is 89.9 Å². The number of aromatic hydroxyl groups is 2. The largest absolute Gasteiger partial charge is 0.508 e. The fourth-order valence-corrected chi connectivity index (χ4v) is 11.0. The van der Waals surface area contributed by atoms with Gasteiger partial charge in [0.2, 0.25) is 40.6 Å². The van der Waals surface area contributed by atoms with Crippen molar-refractivity contribution >= 4 is 81.8 Å². The Hall–Kier alpha value is -9.33. The van der Waals surface area contributed by atoms with Crippen LogP contribution in [0.5, 0.6) is 11.5 Å². The maximum absolute atomic E-state index is 13.7. The first-order chi connectivity index (χ1) is 46.7. The molecule has 2 aromatic heterocycles. The molecule has 0 radical (unpaired) electrons. The highest BCUT2D eigenvalue weighted by Gasteiger charge is 2.33. The number of carboxylic acid groups (broad SMARTS) is 5. The fraction of sp³-hybridized carbons (Fsp3) is 0.565. The number of unbranched alkanes of at least 4 members (excludes halogenated alkanes) is 1. The number of carbonyl (C=O) groups excluding carboxylic acids is 6. The summed E-state index contributed by atoms with van der Waals surface area (Å²) in [6, 6.07) is 7.56. The summed E-state index contributed by atoms with van der Waals surface area (Å²) >= 11 is 1.26. The summed E-state index contributed by atoms with van der Waals surface area (Å²) in [6.45, 7) is 5.15. The van der Waals surface area contributed by atoms with Crippen LogP contribution in [0.4, 0.5) is 5.13 Å². The highest BCUT2D eigenvalue weighted by atomic mass is 32.1. The molecule has 1 aliphatic rings. The second-order valence-electron chi connectivity index (χ2n) is 23.5. The third-order valence-corrected chi connectivity index (χ3v) is 16.5. The summed E-state index contributed by atoms with van der Waals surface area (Å²) in [6.07, 6.45) is 1.73. The zero-order valence-electron chi connectivity index (χ0n) is 54.8. The lowest BCUT2D eigenvalue weighted by Crippen LogP contribution is -2.51. The molecule has 3 heterocycles. The molecule has 2 aromatic carbocycles. The van der Waals surface area contributed by atoms with Crippen LogP contribution in [0.3, 0.4) is 0 Å². The molecule has 98 heavy (non-hydrogen) atoms. The zero-order valence-corrected chi connectivity index (χ0v) is 55.6. The molecule has 5 rings (SSSR count). The van der Waals surface area contributed by atoms with Gasteiger partial charge < -0.3 is 77.1 Å². The van der Waals surface area contributed by atoms with Gasteiger partial charge in [-0.1, -0.05) is 47.7 Å². The molecule has 0 spiro atoms. The van der Waals surface area contributed by atoms with E-state index in [0.717, 1.165) is 0 Å². The lowest BCUT2D eigenvalue weighted by molar-refractivity contribution is -0.145. The summed E-state index contributed by atoms with van der Waals surface area (Å²) < 4.78 is 12.8. The molecule has 0 aliphatic carbocycles. The number of phenols is 2. The molecule has 1 fully saturated rings. The second kappa shape index (κ2) is 41.7. The molecule has 0 unspecified atom stereocenters. The van der Waals surface area contributed by atoms with Gasteiger partial charge in [-0.2, -0.15) is 0 Å². The van der Waals surface area contributed by atoms with Crippen molar-refractivity contribution in [1.82, 2.24) is 71.4 Å². The van der Waals surface area contributed by atoms with Crippen LogP contribution in [0.2, 0.25) is 0 Å². The van der Waals surface area contributed by atoms with Gasteiger partial charge in [0.1, 0.15) is 34.6 Å². The number of ether oxygens (including phenoxy) is 2. The van der Waals surface area contributed by atoms with Crippen molar-refractivity contribution in [2.45, 2.75) is 108 Å². The van der Waals surface area contributed by atoms with Crippen molar-refractivity contribution in [3.8, 4) is 11.5 Å². The topological polar surface area (TPSA) is 489 Å². The minimum absolute atomic E-state index is 0.00179. The number of nitrogens with one attached hydrogen (secondary N) is 6. The Morgan fingerprint density at radius 3 is 1.48 bits per heavy atom. The van der Waals surface area contributed by atoms with Crippen molar-refractivity contribution in [1.29, 1.82) is 0 Å². The molecule has 1 saturated heterocycles. The van der Waals surface area contributed by atoms with Crippen LogP contribution >= 0.6 is 11.3 Å². The number of hydrogen-bond donors (Lipinski definition) is 13. The minimum Gasteiger partial charge on any atom is -0.508 e. The highest BCUT2D eigenvalue weighted by molar-refractivity contribution is 7.15. The fourth-order valence-electron chi connectivity index (χ4n) is 10.4. The van der Waals surface area contributed by atoms with Gasteiger partial charge in [0, 0.05) is 96.4 Å². The third kappa shape index (κ3) is 30.4. The molecular formula is C62H89N15O20S. The van der Waals surface area contributed by atoms with Crippen LogP contribution in [0.25, 0.3) is 0 Å². The average molecular weight is 1400 g/mol. The molecule has 6 amide bonds. The molecule has 35 nitrogen and oxygen atoms in total. The normalized spacial score (nSPS) is 14.7. The van der Waals surface area contributed by atoms with E-state index in [2.05, 4.69) is 52.4 Å². The van der Waals surface area contributed by atoms with Gasteiger partial charge in [0.15, 0.2) is 0 Å². The van der Waals surface area contributed by atoms with Crippen LogP contribution in [0, 0.1) is 6.92 Å². The Balaban J connectivity index is 1.10. The molecule has 13 N–H and O–H groups in total. The predicted octanol–water partition coefficient (Wildman–Crippen LogP) is -1.09. The van der Waals surface area contributed by atoms with E-state index in [0.29, 0.717) is 59.2 Å². The van der Waals surface area contributed by atoms with Crippen LogP contribution < -0.4 is 31.9 Å². The van der Waals surface area contributed by atoms with E-state index in [4.69, 9.17) is 9.47 Å². The summed E-state index contributed by atoms with van der Waals surface area (Å²) in [5, 5.41) is 101. The van der Waals surface area contributed by atoms with Crippen LogP contribution in [-0.4, -0.2) is 282 Å². The lowest BCUT2D eigenvalue weighted by atomic mass is 9.73.